The summed E-state index contributed by atoms with van der Waals surface area (Å²) >= 11 is 6.02. The minimum atomic E-state index is -0.284. The van der Waals surface area contributed by atoms with Gasteiger partial charge < -0.3 is 15.1 Å². The van der Waals surface area contributed by atoms with Crippen LogP contribution in [0.5, 0.6) is 0 Å². The minimum Gasteiger partial charge on any atom is -0.395 e. The third-order valence-corrected chi connectivity index (χ3v) is 3.31. The average molecular weight is 295 g/mol. The third-order valence-electron chi connectivity index (χ3n) is 3.00. The molecule has 0 unspecified atom stereocenters. The van der Waals surface area contributed by atoms with Gasteiger partial charge in [0.05, 0.1) is 18.8 Å². The number of nitrogens with zero attached hydrogens (tertiary/aromatic N) is 2. The Morgan fingerprint density at radius 1 is 1.15 bits per heavy atom. The van der Waals surface area contributed by atoms with Crippen molar-refractivity contribution in [1.82, 2.24) is 9.88 Å². The Kier molecular flexibility index (Phi) is 4.89. The van der Waals surface area contributed by atoms with Crippen molar-refractivity contribution in [2.45, 2.75) is 0 Å². The lowest BCUT2D eigenvalue weighted by Gasteiger charge is -2.21. The molecular formula is C14H15ClN2O3. The van der Waals surface area contributed by atoms with Gasteiger partial charge in [-0.3, -0.25) is 4.79 Å². The highest BCUT2D eigenvalue weighted by molar-refractivity contribution is 6.34. The van der Waals surface area contributed by atoms with E-state index in [1.165, 1.54) is 11.1 Å². The molecule has 0 aliphatic rings. The normalized spacial score (nSPS) is 10.8. The summed E-state index contributed by atoms with van der Waals surface area (Å²) in [5.74, 6) is -0.284. The maximum absolute atomic E-state index is 12.5. The van der Waals surface area contributed by atoms with Gasteiger partial charge in [-0.05, 0) is 5.39 Å². The molecule has 1 amide bonds. The number of benzene rings is 1. The Morgan fingerprint density at radius 2 is 1.75 bits per heavy atom. The Bertz CT molecular complexity index is 612. The van der Waals surface area contributed by atoms with Crippen LogP contribution in [0.3, 0.4) is 0 Å². The standard InChI is InChI=1S/C14H15ClN2O3/c15-13-11-4-2-1-3-10(11)12(9-16-13)14(20)17(5-7-18)6-8-19/h1-4,9,18-19H,5-8H2. The van der Waals surface area contributed by atoms with Gasteiger partial charge in [0.25, 0.3) is 5.91 Å². The van der Waals surface area contributed by atoms with E-state index in [0.717, 1.165) is 0 Å². The van der Waals surface area contributed by atoms with Crippen LogP contribution in [0.25, 0.3) is 10.8 Å². The van der Waals surface area contributed by atoms with Crippen LogP contribution < -0.4 is 0 Å². The quantitative estimate of drug-likeness (QED) is 0.816. The summed E-state index contributed by atoms with van der Waals surface area (Å²) in [5, 5.41) is 19.8. The number of hydrogen-bond acceptors (Lipinski definition) is 4. The van der Waals surface area contributed by atoms with Crippen LogP contribution in [0.2, 0.25) is 5.15 Å². The highest BCUT2D eigenvalue weighted by Gasteiger charge is 2.18. The van der Waals surface area contributed by atoms with E-state index < -0.39 is 0 Å². The second-order valence-electron chi connectivity index (χ2n) is 4.25. The molecule has 6 heteroatoms. The van der Waals surface area contributed by atoms with Crippen molar-refractivity contribution in [1.29, 1.82) is 0 Å². The first-order chi connectivity index (χ1) is 9.69. The number of fused-ring (bicyclic) bond motifs is 1. The van der Waals surface area contributed by atoms with Crippen LogP contribution in [-0.2, 0) is 0 Å². The van der Waals surface area contributed by atoms with Crippen molar-refractivity contribution < 1.29 is 15.0 Å². The smallest absolute Gasteiger partial charge is 0.256 e. The van der Waals surface area contributed by atoms with Gasteiger partial charge in [0.15, 0.2) is 0 Å². The first-order valence-corrected chi connectivity index (χ1v) is 6.61. The highest BCUT2D eigenvalue weighted by Crippen LogP contribution is 2.25. The molecule has 2 aromatic rings. The summed E-state index contributed by atoms with van der Waals surface area (Å²) in [6, 6.07) is 7.23. The van der Waals surface area contributed by atoms with Gasteiger partial charge in [-0.15, -0.1) is 0 Å². The van der Waals surface area contributed by atoms with Gasteiger partial charge in [-0.1, -0.05) is 35.9 Å². The van der Waals surface area contributed by atoms with Crippen molar-refractivity contribution in [3.05, 3.63) is 41.2 Å². The predicted octanol–water partition coefficient (Wildman–Crippen LogP) is 1.31. The topological polar surface area (TPSA) is 73.7 Å². The zero-order valence-corrected chi connectivity index (χ0v) is 11.5. The van der Waals surface area contributed by atoms with E-state index in [9.17, 15) is 4.79 Å². The van der Waals surface area contributed by atoms with Crippen LogP contribution in [0.1, 0.15) is 10.4 Å². The molecule has 1 heterocycles. The van der Waals surface area contributed by atoms with Crippen molar-refractivity contribution >= 4 is 28.3 Å². The summed E-state index contributed by atoms with van der Waals surface area (Å²) in [5.41, 5.74) is 0.409. The molecule has 0 atom stereocenters. The highest BCUT2D eigenvalue weighted by atomic mass is 35.5. The molecule has 20 heavy (non-hydrogen) atoms. The molecule has 2 rings (SSSR count). The Morgan fingerprint density at radius 3 is 2.35 bits per heavy atom. The molecule has 0 saturated heterocycles. The number of amides is 1. The number of aliphatic hydroxyl groups is 2. The van der Waals surface area contributed by atoms with Crippen LogP contribution in [0, 0.1) is 0 Å². The number of hydrogen-bond donors (Lipinski definition) is 2. The zero-order valence-electron chi connectivity index (χ0n) is 10.8. The van der Waals surface area contributed by atoms with Gasteiger partial charge >= 0.3 is 0 Å². The lowest BCUT2D eigenvalue weighted by Crippen LogP contribution is -2.36. The van der Waals surface area contributed by atoms with Gasteiger partial charge in [-0.25, -0.2) is 4.98 Å². The maximum atomic E-state index is 12.5. The molecule has 5 nitrogen and oxygen atoms in total. The van der Waals surface area contributed by atoms with Crippen LogP contribution >= 0.6 is 11.6 Å². The summed E-state index contributed by atoms with van der Waals surface area (Å²) in [7, 11) is 0. The number of aliphatic hydroxyl groups excluding tert-OH is 2. The molecule has 1 aromatic carbocycles. The Labute approximate surface area is 121 Å². The minimum absolute atomic E-state index is 0.162. The number of aromatic nitrogens is 1. The summed E-state index contributed by atoms with van der Waals surface area (Å²) in [6.45, 7) is 0.00206. The number of pyridine rings is 1. The van der Waals surface area contributed by atoms with E-state index in [1.54, 1.807) is 12.1 Å². The maximum Gasteiger partial charge on any atom is 0.256 e. The first kappa shape index (κ1) is 14.7. The van der Waals surface area contributed by atoms with Crippen LogP contribution in [0.15, 0.2) is 30.5 Å². The van der Waals surface area contributed by atoms with Crippen molar-refractivity contribution in [2.24, 2.45) is 0 Å². The van der Waals surface area contributed by atoms with Crippen molar-refractivity contribution in [3.63, 3.8) is 0 Å². The summed E-state index contributed by atoms with van der Waals surface area (Å²) in [4.78, 5) is 17.9. The molecule has 0 radical (unpaired) electrons. The molecule has 0 spiro atoms. The van der Waals surface area contributed by atoms with Gasteiger partial charge in [-0.2, -0.15) is 0 Å². The van der Waals surface area contributed by atoms with Crippen LogP contribution in [-0.4, -0.2) is 52.3 Å². The van der Waals surface area contributed by atoms with E-state index in [2.05, 4.69) is 4.98 Å². The summed E-state index contributed by atoms with van der Waals surface area (Å²) in [6.07, 6.45) is 1.43. The SMILES string of the molecule is O=C(c1cnc(Cl)c2ccccc12)N(CCO)CCO. The molecule has 0 aliphatic heterocycles. The molecular weight excluding hydrogens is 280 g/mol. The van der Waals surface area contributed by atoms with Gasteiger partial charge in [0.1, 0.15) is 5.15 Å². The second-order valence-corrected chi connectivity index (χ2v) is 4.61. The zero-order chi connectivity index (χ0) is 14.5. The number of rotatable bonds is 5. The average Bonchev–Trinajstić information content (AvgIpc) is 2.47. The number of carbonyl (C=O) groups is 1. The fourth-order valence-corrected chi connectivity index (χ4v) is 2.27. The molecule has 106 valence electrons. The second kappa shape index (κ2) is 6.65. The lowest BCUT2D eigenvalue weighted by molar-refractivity contribution is 0.0686. The molecule has 0 aliphatic carbocycles. The Balaban J connectivity index is 2.46. The number of halogens is 1. The Hall–Kier alpha value is -1.69. The van der Waals surface area contributed by atoms with E-state index in [1.807, 2.05) is 12.1 Å². The summed E-state index contributed by atoms with van der Waals surface area (Å²) < 4.78 is 0. The molecule has 0 bridgehead atoms. The fraction of sp³-hybridized carbons (Fsp3) is 0.286. The van der Waals surface area contributed by atoms with E-state index in [4.69, 9.17) is 21.8 Å². The lowest BCUT2D eigenvalue weighted by atomic mass is 10.1. The van der Waals surface area contributed by atoms with Crippen molar-refractivity contribution in [3.8, 4) is 0 Å². The first-order valence-electron chi connectivity index (χ1n) is 6.23. The third kappa shape index (κ3) is 2.90. The van der Waals surface area contributed by atoms with E-state index in [-0.39, 0.29) is 32.2 Å². The van der Waals surface area contributed by atoms with Gasteiger partial charge in [0, 0.05) is 24.7 Å². The molecule has 0 saturated carbocycles. The van der Waals surface area contributed by atoms with Gasteiger partial charge in [0.2, 0.25) is 0 Å². The monoisotopic (exact) mass is 294 g/mol. The number of carbonyl (C=O) groups excluding carboxylic acids is 1. The van der Waals surface area contributed by atoms with E-state index >= 15 is 0 Å². The van der Waals surface area contributed by atoms with E-state index in [0.29, 0.717) is 21.5 Å². The fourth-order valence-electron chi connectivity index (χ4n) is 2.06. The molecule has 0 fully saturated rings. The largest absolute Gasteiger partial charge is 0.395 e. The van der Waals surface area contributed by atoms with Crippen LogP contribution in [0.4, 0.5) is 0 Å². The predicted molar refractivity (Wildman–Crippen MR) is 76.8 cm³/mol. The molecule has 2 N–H and O–H groups in total. The van der Waals surface area contributed by atoms with Crippen molar-refractivity contribution in [2.75, 3.05) is 26.3 Å². The molecule has 1 aromatic heterocycles.